The Morgan fingerprint density at radius 1 is 0.314 bits per heavy atom. The molecule has 0 heterocycles. The van der Waals surface area contributed by atoms with E-state index in [1.54, 1.807) is 0 Å². The Balaban J connectivity index is 4.27. The van der Waals surface area contributed by atoms with Crippen LogP contribution < -0.4 is 0 Å². The molecule has 70 heavy (non-hydrogen) atoms. The average molecular weight is 980 g/mol. The number of allylic oxidation sites excluding steroid dienone is 10. The lowest BCUT2D eigenvalue weighted by Gasteiger charge is -2.18. The second-order valence-electron chi connectivity index (χ2n) is 20.6. The van der Waals surface area contributed by atoms with Gasteiger partial charge < -0.3 is 14.2 Å². The van der Waals surface area contributed by atoms with Crippen LogP contribution >= 0.6 is 0 Å². The van der Waals surface area contributed by atoms with E-state index in [9.17, 15) is 9.59 Å². The number of esters is 2. The number of carbonyl (C=O) groups is 2. The van der Waals surface area contributed by atoms with Crippen molar-refractivity contribution in [3.05, 3.63) is 60.8 Å². The highest BCUT2D eigenvalue weighted by atomic mass is 16.6. The number of hydrogen-bond acceptors (Lipinski definition) is 5. The summed E-state index contributed by atoms with van der Waals surface area (Å²) in [5, 5.41) is 0. The molecule has 0 radical (unpaired) electrons. The highest BCUT2D eigenvalue weighted by Crippen LogP contribution is 2.16. The molecule has 0 aliphatic carbocycles. The maximum absolute atomic E-state index is 12.9. The van der Waals surface area contributed by atoms with Crippen LogP contribution in [0.1, 0.15) is 316 Å². The van der Waals surface area contributed by atoms with E-state index < -0.39 is 6.10 Å². The van der Waals surface area contributed by atoms with Crippen molar-refractivity contribution in [2.75, 3.05) is 19.8 Å². The molecule has 408 valence electrons. The second-order valence-corrected chi connectivity index (χ2v) is 20.6. The zero-order valence-corrected chi connectivity index (χ0v) is 47.0. The molecule has 0 aromatic heterocycles. The summed E-state index contributed by atoms with van der Waals surface area (Å²) >= 11 is 0. The number of unbranched alkanes of at least 4 members (excludes halogenated alkanes) is 36. The van der Waals surface area contributed by atoms with Gasteiger partial charge in [-0.05, 0) is 109 Å². The van der Waals surface area contributed by atoms with Crippen LogP contribution in [0, 0.1) is 0 Å². The van der Waals surface area contributed by atoms with E-state index in [-0.39, 0.29) is 25.2 Å². The first kappa shape index (κ1) is 67.6. The summed E-state index contributed by atoms with van der Waals surface area (Å²) < 4.78 is 17.5. The minimum absolute atomic E-state index is 0.0791. The fourth-order valence-electron chi connectivity index (χ4n) is 8.86. The van der Waals surface area contributed by atoms with Gasteiger partial charge in [0, 0.05) is 19.4 Å². The molecule has 1 atom stereocenters. The first-order chi connectivity index (χ1) is 34.6. The molecular formula is C65H118O5. The third-order valence-electron chi connectivity index (χ3n) is 13.5. The first-order valence-electron chi connectivity index (χ1n) is 30.8. The highest BCUT2D eigenvalue weighted by Gasteiger charge is 2.17. The smallest absolute Gasteiger partial charge is 0.306 e. The molecule has 0 fully saturated rings. The van der Waals surface area contributed by atoms with Crippen LogP contribution in [0.3, 0.4) is 0 Å². The summed E-state index contributed by atoms with van der Waals surface area (Å²) in [6.45, 7) is 7.79. The normalized spacial score (nSPS) is 12.6. The quantitative estimate of drug-likeness (QED) is 0.0345. The third kappa shape index (κ3) is 58.2. The molecule has 0 saturated carbocycles. The summed E-state index contributed by atoms with van der Waals surface area (Å²) in [6, 6.07) is 0. The van der Waals surface area contributed by atoms with Crippen molar-refractivity contribution < 1.29 is 23.8 Å². The van der Waals surface area contributed by atoms with Crippen LogP contribution in [0.25, 0.3) is 0 Å². The lowest BCUT2D eigenvalue weighted by Crippen LogP contribution is -2.30. The molecular weight excluding hydrogens is 861 g/mol. The minimum Gasteiger partial charge on any atom is -0.462 e. The van der Waals surface area contributed by atoms with Gasteiger partial charge in [0.25, 0.3) is 0 Å². The summed E-state index contributed by atoms with van der Waals surface area (Å²) in [7, 11) is 0. The molecule has 0 rings (SSSR count). The maximum Gasteiger partial charge on any atom is 0.306 e. The van der Waals surface area contributed by atoms with Crippen molar-refractivity contribution >= 4 is 11.9 Å². The Morgan fingerprint density at radius 2 is 0.600 bits per heavy atom. The van der Waals surface area contributed by atoms with Gasteiger partial charge in [-0.2, -0.15) is 0 Å². The topological polar surface area (TPSA) is 61.8 Å². The Hall–Kier alpha value is -2.40. The maximum atomic E-state index is 12.9. The molecule has 0 N–H and O–H groups in total. The predicted molar refractivity (Wildman–Crippen MR) is 307 cm³/mol. The molecule has 0 amide bonds. The molecule has 0 saturated heterocycles. The van der Waals surface area contributed by atoms with Gasteiger partial charge >= 0.3 is 11.9 Å². The van der Waals surface area contributed by atoms with Gasteiger partial charge in [-0.3, -0.25) is 9.59 Å². The van der Waals surface area contributed by atoms with Gasteiger partial charge in [-0.15, -0.1) is 0 Å². The Morgan fingerprint density at radius 3 is 0.986 bits per heavy atom. The van der Waals surface area contributed by atoms with Crippen LogP contribution in [0.4, 0.5) is 0 Å². The largest absolute Gasteiger partial charge is 0.462 e. The van der Waals surface area contributed by atoms with Crippen LogP contribution in [-0.4, -0.2) is 37.9 Å². The van der Waals surface area contributed by atoms with Crippen molar-refractivity contribution in [1.29, 1.82) is 0 Å². The van der Waals surface area contributed by atoms with Gasteiger partial charge in [0.05, 0.1) is 6.61 Å². The van der Waals surface area contributed by atoms with Crippen LogP contribution in [0.15, 0.2) is 60.8 Å². The van der Waals surface area contributed by atoms with Gasteiger partial charge in [0.2, 0.25) is 0 Å². The van der Waals surface area contributed by atoms with E-state index in [1.165, 1.54) is 231 Å². The van der Waals surface area contributed by atoms with E-state index in [4.69, 9.17) is 14.2 Å². The van der Waals surface area contributed by atoms with Crippen LogP contribution in [0.5, 0.6) is 0 Å². The van der Waals surface area contributed by atoms with E-state index >= 15 is 0 Å². The molecule has 5 heteroatoms. The highest BCUT2D eigenvalue weighted by molar-refractivity contribution is 5.70. The lowest BCUT2D eigenvalue weighted by molar-refractivity contribution is -0.163. The SMILES string of the molecule is CCCCC/C=C\C/C=C\CCCCCCCCCCCC(=O)OCC(COCCCCCCCC/C=C\C/C=C\CCCCC)OC(=O)CCCCCCCCCCC/C=C\CCCCCCCC. The van der Waals surface area contributed by atoms with Gasteiger partial charge in [-0.1, -0.05) is 255 Å². The minimum atomic E-state index is -0.546. The van der Waals surface area contributed by atoms with E-state index in [2.05, 4.69) is 81.5 Å². The summed E-state index contributed by atoms with van der Waals surface area (Å²) in [5.41, 5.74) is 0. The molecule has 1 unspecified atom stereocenters. The number of rotatable bonds is 57. The first-order valence-corrected chi connectivity index (χ1v) is 30.8. The molecule has 0 aromatic rings. The van der Waals surface area contributed by atoms with Gasteiger partial charge in [0.1, 0.15) is 6.61 Å². The molecule has 5 nitrogen and oxygen atoms in total. The third-order valence-corrected chi connectivity index (χ3v) is 13.5. The van der Waals surface area contributed by atoms with E-state index in [0.717, 1.165) is 51.4 Å². The number of carbonyl (C=O) groups excluding carboxylic acids is 2. The molecule has 0 bridgehead atoms. The fourth-order valence-corrected chi connectivity index (χ4v) is 8.86. The Kier molecular flexibility index (Phi) is 58.8. The van der Waals surface area contributed by atoms with E-state index in [0.29, 0.717) is 19.4 Å². The fraction of sp³-hybridized carbons (Fsp3) is 0.815. The zero-order valence-electron chi connectivity index (χ0n) is 47.0. The Labute approximate surface area is 436 Å². The van der Waals surface area contributed by atoms with Crippen molar-refractivity contribution in [2.24, 2.45) is 0 Å². The monoisotopic (exact) mass is 979 g/mol. The van der Waals surface area contributed by atoms with Crippen LogP contribution in [-0.2, 0) is 23.8 Å². The standard InChI is InChI=1S/C65H118O5/c1-4-7-10-13-16-19-22-25-28-31-33-35-37-40-43-46-49-52-55-58-64(66)69-62-63(61-68-60-57-54-51-48-45-42-39-30-27-24-21-18-15-12-9-6-3)70-65(67)59-56-53-50-47-44-41-38-36-34-32-29-26-23-20-17-14-11-8-5-2/h16,18-19,21,25-30,63H,4-15,17,20,22-24,31-62H2,1-3H3/b19-16-,21-18-,28-25-,29-26-,30-27-. The average Bonchev–Trinajstić information content (AvgIpc) is 3.36. The molecule has 0 aromatic carbocycles. The zero-order chi connectivity index (χ0) is 50.6. The number of hydrogen-bond donors (Lipinski definition) is 0. The summed E-state index contributed by atoms with van der Waals surface area (Å²) in [5.74, 6) is -0.397. The molecule has 0 aliphatic heterocycles. The van der Waals surface area contributed by atoms with E-state index in [1.807, 2.05) is 0 Å². The second kappa shape index (κ2) is 60.9. The van der Waals surface area contributed by atoms with Crippen molar-refractivity contribution in [1.82, 2.24) is 0 Å². The summed E-state index contributed by atoms with van der Waals surface area (Å²) in [6.07, 6.45) is 78.2. The number of ether oxygens (including phenoxy) is 3. The lowest BCUT2D eigenvalue weighted by atomic mass is 10.1. The van der Waals surface area contributed by atoms with Crippen molar-refractivity contribution in [3.63, 3.8) is 0 Å². The van der Waals surface area contributed by atoms with Crippen molar-refractivity contribution in [2.45, 2.75) is 322 Å². The van der Waals surface area contributed by atoms with Gasteiger partial charge in [0.15, 0.2) is 6.10 Å². The predicted octanol–water partition coefficient (Wildman–Crippen LogP) is 21.2. The van der Waals surface area contributed by atoms with Crippen molar-refractivity contribution in [3.8, 4) is 0 Å². The Bertz CT molecular complexity index is 1200. The summed E-state index contributed by atoms with van der Waals surface area (Å²) in [4.78, 5) is 25.6. The van der Waals surface area contributed by atoms with Gasteiger partial charge in [-0.25, -0.2) is 0 Å². The molecule has 0 aliphatic rings. The van der Waals surface area contributed by atoms with Crippen LogP contribution in [0.2, 0.25) is 0 Å². The molecule has 0 spiro atoms.